The van der Waals surface area contributed by atoms with E-state index >= 15 is 0 Å². The van der Waals surface area contributed by atoms with Gasteiger partial charge in [-0.3, -0.25) is 0 Å². The number of thiophene rings is 1. The van der Waals surface area contributed by atoms with Crippen LogP contribution in [0, 0.1) is 0 Å². The van der Waals surface area contributed by atoms with Gasteiger partial charge in [-0.15, -0.1) is 11.3 Å². The van der Waals surface area contributed by atoms with Crippen molar-refractivity contribution in [2.45, 2.75) is 0 Å². The first-order valence-electron chi connectivity index (χ1n) is 16.1. The molecule has 1 heterocycles. The molecule has 0 aliphatic carbocycles. The molecule has 0 saturated carbocycles. The van der Waals surface area contributed by atoms with E-state index in [1.54, 1.807) is 0 Å². The van der Waals surface area contributed by atoms with Crippen LogP contribution in [0.4, 0.5) is 0 Å². The lowest BCUT2D eigenvalue weighted by Crippen LogP contribution is -1.88. The van der Waals surface area contributed by atoms with Crippen LogP contribution in [0.5, 0.6) is 0 Å². The summed E-state index contributed by atoms with van der Waals surface area (Å²) >= 11 is 1.88. The number of benzene rings is 8. The fourth-order valence-corrected chi connectivity index (χ4v) is 8.05. The van der Waals surface area contributed by atoms with Crippen molar-refractivity contribution in [2.24, 2.45) is 0 Å². The van der Waals surface area contributed by atoms with E-state index in [1.807, 2.05) is 11.3 Å². The van der Waals surface area contributed by atoms with Gasteiger partial charge in [0, 0.05) is 20.2 Å². The van der Waals surface area contributed by atoms with Crippen molar-refractivity contribution >= 4 is 64.7 Å². The second-order valence-electron chi connectivity index (χ2n) is 12.1. The molecule has 0 unspecified atom stereocenters. The highest BCUT2D eigenvalue weighted by Gasteiger charge is 2.13. The van der Waals surface area contributed by atoms with Crippen LogP contribution in [0.25, 0.3) is 75.6 Å². The van der Waals surface area contributed by atoms with Gasteiger partial charge in [-0.25, -0.2) is 0 Å². The normalized spacial score (nSPS) is 12.0. The van der Waals surface area contributed by atoms with Crippen molar-refractivity contribution in [1.82, 2.24) is 0 Å². The largest absolute Gasteiger partial charge is 0.135 e. The van der Waals surface area contributed by atoms with E-state index in [4.69, 9.17) is 0 Å². The Balaban J connectivity index is 1.15. The van der Waals surface area contributed by atoms with Crippen LogP contribution in [-0.2, 0) is 0 Å². The Morgan fingerprint density at radius 3 is 1.87 bits per heavy atom. The minimum atomic E-state index is 1.20. The first-order chi connectivity index (χ1) is 23.3. The van der Waals surface area contributed by atoms with Crippen molar-refractivity contribution < 1.29 is 0 Å². The molecule has 0 atom stereocenters. The van der Waals surface area contributed by atoms with Gasteiger partial charge in [0.1, 0.15) is 0 Å². The number of rotatable bonds is 5. The number of hydrogen-bond donors (Lipinski definition) is 0. The van der Waals surface area contributed by atoms with Gasteiger partial charge >= 0.3 is 0 Å². The summed E-state index contributed by atoms with van der Waals surface area (Å²) in [6.07, 6.45) is 2.30. The maximum absolute atomic E-state index is 2.38. The maximum Gasteiger partial charge on any atom is 0.0361 e. The Kier molecular flexibility index (Phi) is 6.77. The van der Waals surface area contributed by atoms with Crippen LogP contribution < -0.4 is 0 Å². The molecule has 0 amide bonds. The molecule has 0 aliphatic heterocycles. The third kappa shape index (κ3) is 5.02. The molecule has 1 heteroatoms. The summed E-state index contributed by atoms with van der Waals surface area (Å²) in [5.74, 6) is 0. The highest BCUT2D eigenvalue weighted by molar-refractivity contribution is 7.25. The molecule has 0 bridgehead atoms. The van der Waals surface area contributed by atoms with E-state index in [0.717, 1.165) is 0 Å². The summed E-state index contributed by atoms with van der Waals surface area (Å²) in [5.41, 5.74) is 9.90. The smallest absolute Gasteiger partial charge is 0.0361 e. The van der Waals surface area contributed by atoms with Gasteiger partial charge in [0.25, 0.3) is 0 Å². The van der Waals surface area contributed by atoms with E-state index < -0.39 is 0 Å². The van der Waals surface area contributed by atoms with Crippen LogP contribution >= 0.6 is 11.3 Å². The fraction of sp³-hybridized carbons (Fsp3) is 0. The van der Waals surface area contributed by atoms with Crippen molar-refractivity contribution in [3.8, 4) is 22.3 Å². The second kappa shape index (κ2) is 11.6. The Morgan fingerprint density at radius 1 is 0.383 bits per heavy atom. The topological polar surface area (TPSA) is 0 Å². The van der Waals surface area contributed by atoms with E-state index in [-0.39, 0.29) is 0 Å². The number of fused-ring (bicyclic) bond motifs is 6. The van der Waals surface area contributed by atoms with E-state index in [2.05, 4.69) is 182 Å². The lowest BCUT2D eigenvalue weighted by Gasteiger charge is -2.12. The summed E-state index contributed by atoms with van der Waals surface area (Å²) < 4.78 is 2.62. The molecule has 0 N–H and O–H groups in total. The van der Waals surface area contributed by atoms with Gasteiger partial charge in [0.05, 0.1) is 0 Å². The zero-order chi connectivity index (χ0) is 31.2. The van der Waals surface area contributed by atoms with Crippen LogP contribution in [0.2, 0.25) is 0 Å². The quantitative estimate of drug-likeness (QED) is 0.134. The monoisotopic (exact) mass is 614 g/mol. The van der Waals surface area contributed by atoms with Crippen LogP contribution in [0.1, 0.15) is 16.7 Å². The van der Waals surface area contributed by atoms with Crippen LogP contribution in [-0.4, -0.2) is 0 Å². The lowest BCUT2D eigenvalue weighted by atomic mass is 9.91. The van der Waals surface area contributed by atoms with Crippen molar-refractivity contribution in [3.05, 3.63) is 193 Å². The molecule has 0 radical (unpaired) electrons. The molecule has 0 nitrogen and oxygen atoms in total. The summed E-state index contributed by atoms with van der Waals surface area (Å²) in [5, 5.41) is 7.75. The summed E-state index contributed by atoms with van der Waals surface area (Å²) in [4.78, 5) is 0. The summed E-state index contributed by atoms with van der Waals surface area (Å²) in [6, 6.07) is 64.1. The average molecular weight is 615 g/mol. The SMILES string of the molecule is C(=C(/c1ccccc1)c1ccc2sc3cc(-c4ccc5cc(-c6ccccc6)c6ccccc6c5c4)ccc3c2c1)/c1ccccc1. The molecule has 0 fully saturated rings. The van der Waals surface area contributed by atoms with Crippen molar-refractivity contribution in [2.75, 3.05) is 0 Å². The van der Waals surface area contributed by atoms with Crippen molar-refractivity contribution in [1.29, 1.82) is 0 Å². The second-order valence-corrected chi connectivity index (χ2v) is 13.2. The minimum absolute atomic E-state index is 1.20. The van der Waals surface area contributed by atoms with Crippen LogP contribution in [0.3, 0.4) is 0 Å². The average Bonchev–Trinajstić information content (AvgIpc) is 3.52. The molecule has 47 heavy (non-hydrogen) atoms. The Morgan fingerprint density at radius 2 is 1.06 bits per heavy atom. The molecule has 0 spiro atoms. The predicted octanol–water partition coefficient (Wildman–Crippen LogP) is 13.3. The standard InChI is InChI=1S/C46H30S/c1-4-12-31(13-5-1)26-41(32-14-6-2-7-15-32)36-23-25-45-44(29-36)40-24-22-35(30-46(40)47-45)34-20-21-37-28-42(33-16-8-3-9-17-33)38-18-10-11-19-39(38)43(37)27-34/h1-30H/b41-26+. The van der Waals surface area contributed by atoms with Gasteiger partial charge in [-0.2, -0.15) is 0 Å². The summed E-state index contributed by atoms with van der Waals surface area (Å²) in [6.45, 7) is 0. The van der Waals surface area contributed by atoms with Gasteiger partial charge < -0.3 is 0 Å². The molecule has 9 rings (SSSR count). The molecule has 0 saturated heterocycles. The molecule has 1 aromatic heterocycles. The molecular formula is C46H30S. The van der Waals surface area contributed by atoms with E-state index in [0.29, 0.717) is 0 Å². The Hall–Kier alpha value is -5.76. The molecule has 0 aliphatic rings. The molecule has 220 valence electrons. The minimum Gasteiger partial charge on any atom is -0.135 e. The maximum atomic E-state index is 2.38. The van der Waals surface area contributed by atoms with E-state index in [1.165, 1.54) is 86.2 Å². The predicted molar refractivity (Wildman–Crippen MR) is 205 cm³/mol. The zero-order valence-corrected chi connectivity index (χ0v) is 26.5. The Labute approximate surface area is 278 Å². The molecule has 9 aromatic rings. The molecular weight excluding hydrogens is 585 g/mol. The zero-order valence-electron chi connectivity index (χ0n) is 25.7. The van der Waals surface area contributed by atoms with Gasteiger partial charge in [0.2, 0.25) is 0 Å². The van der Waals surface area contributed by atoms with Crippen molar-refractivity contribution in [3.63, 3.8) is 0 Å². The first kappa shape index (κ1) is 27.5. The third-order valence-electron chi connectivity index (χ3n) is 9.26. The van der Waals surface area contributed by atoms with E-state index in [9.17, 15) is 0 Å². The Bertz CT molecular complexity index is 2590. The van der Waals surface area contributed by atoms with Crippen LogP contribution in [0.15, 0.2) is 176 Å². The van der Waals surface area contributed by atoms with Gasteiger partial charge in [0.15, 0.2) is 0 Å². The van der Waals surface area contributed by atoms with Gasteiger partial charge in [-0.05, 0) is 102 Å². The highest BCUT2D eigenvalue weighted by Crippen LogP contribution is 2.41. The van der Waals surface area contributed by atoms with Gasteiger partial charge in [-0.1, -0.05) is 146 Å². The fourth-order valence-electron chi connectivity index (χ4n) is 6.93. The molecule has 8 aromatic carbocycles. The number of hydrogen-bond acceptors (Lipinski definition) is 1. The first-order valence-corrected chi connectivity index (χ1v) is 16.9. The lowest BCUT2D eigenvalue weighted by molar-refractivity contribution is 1.57. The summed E-state index contributed by atoms with van der Waals surface area (Å²) in [7, 11) is 0. The highest BCUT2D eigenvalue weighted by atomic mass is 32.1. The third-order valence-corrected chi connectivity index (χ3v) is 10.4.